The smallest absolute Gasteiger partial charge is 0.255 e. The zero-order chi connectivity index (χ0) is 18.3. The lowest BCUT2D eigenvalue weighted by Crippen LogP contribution is -2.14. The number of benzene rings is 2. The molecule has 0 aliphatic heterocycles. The van der Waals surface area contributed by atoms with Gasteiger partial charge < -0.3 is 9.73 Å². The lowest BCUT2D eigenvalue weighted by Gasteiger charge is -2.19. The van der Waals surface area contributed by atoms with Gasteiger partial charge in [-0.1, -0.05) is 32.9 Å². The number of carbonyl (C=O) groups excluding carboxylic acids is 1. The van der Waals surface area contributed by atoms with E-state index in [9.17, 15) is 4.79 Å². The van der Waals surface area contributed by atoms with Crippen molar-refractivity contribution in [3.05, 3.63) is 64.9 Å². The van der Waals surface area contributed by atoms with Crippen LogP contribution in [0.2, 0.25) is 0 Å². The van der Waals surface area contributed by atoms with Crippen LogP contribution < -0.4 is 5.32 Å². The summed E-state index contributed by atoms with van der Waals surface area (Å²) in [6.07, 6.45) is 4.49. The average molecular weight is 347 g/mol. The minimum Gasteiger partial charge on any atom is -0.461 e. The van der Waals surface area contributed by atoms with Gasteiger partial charge in [0.05, 0.1) is 0 Å². The Balaban J connectivity index is 1.57. The fourth-order valence-corrected chi connectivity index (χ4v) is 3.67. The van der Waals surface area contributed by atoms with Crippen LogP contribution >= 0.6 is 0 Å². The van der Waals surface area contributed by atoms with Gasteiger partial charge in [0, 0.05) is 28.6 Å². The van der Waals surface area contributed by atoms with Crippen LogP contribution in [0.15, 0.2) is 46.9 Å². The average Bonchev–Trinajstić information content (AvgIpc) is 2.99. The van der Waals surface area contributed by atoms with E-state index in [0.29, 0.717) is 5.56 Å². The molecule has 0 spiro atoms. The number of furan rings is 1. The Morgan fingerprint density at radius 3 is 2.46 bits per heavy atom. The molecule has 1 aliphatic carbocycles. The Labute approximate surface area is 154 Å². The Morgan fingerprint density at radius 1 is 1.00 bits per heavy atom. The normalized spacial score (nSPS) is 14.3. The van der Waals surface area contributed by atoms with E-state index in [2.05, 4.69) is 26.1 Å². The lowest BCUT2D eigenvalue weighted by molar-refractivity contribution is 0.102. The molecule has 0 atom stereocenters. The first-order valence-corrected chi connectivity index (χ1v) is 9.38. The zero-order valence-corrected chi connectivity index (χ0v) is 15.7. The number of hydrogen-bond donors (Lipinski definition) is 1. The molecular weight excluding hydrogens is 322 g/mol. The van der Waals surface area contributed by atoms with E-state index < -0.39 is 0 Å². The minimum absolute atomic E-state index is 0.0813. The van der Waals surface area contributed by atoms with E-state index in [-0.39, 0.29) is 11.3 Å². The van der Waals surface area contributed by atoms with Crippen LogP contribution in [0.4, 0.5) is 5.69 Å². The summed E-state index contributed by atoms with van der Waals surface area (Å²) in [5.41, 5.74) is 5.03. The predicted molar refractivity (Wildman–Crippen MR) is 106 cm³/mol. The van der Waals surface area contributed by atoms with Crippen LogP contribution in [0.1, 0.15) is 60.9 Å². The van der Waals surface area contributed by atoms with Crippen molar-refractivity contribution in [2.75, 3.05) is 5.32 Å². The Kier molecular flexibility index (Phi) is 4.10. The number of carbonyl (C=O) groups is 1. The Hall–Kier alpha value is -2.55. The van der Waals surface area contributed by atoms with Gasteiger partial charge in [0.15, 0.2) is 0 Å². The minimum atomic E-state index is -0.0813. The second-order valence-electron chi connectivity index (χ2n) is 8.20. The number of anilines is 1. The summed E-state index contributed by atoms with van der Waals surface area (Å²) in [5, 5.41) is 4.16. The first kappa shape index (κ1) is 16.9. The van der Waals surface area contributed by atoms with Gasteiger partial charge in [-0.05, 0) is 60.6 Å². The lowest BCUT2D eigenvalue weighted by atomic mass is 9.87. The summed E-state index contributed by atoms with van der Waals surface area (Å²) >= 11 is 0. The van der Waals surface area contributed by atoms with Gasteiger partial charge in [0.25, 0.3) is 5.91 Å². The topological polar surface area (TPSA) is 42.2 Å². The van der Waals surface area contributed by atoms with E-state index in [1.54, 1.807) is 0 Å². The molecule has 3 heteroatoms. The first-order valence-electron chi connectivity index (χ1n) is 9.38. The molecule has 3 nitrogen and oxygen atoms in total. The van der Waals surface area contributed by atoms with E-state index in [1.165, 1.54) is 24.0 Å². The standard InChI is InChI=1S/C23H25NO2/c1-23(2,3)16-10-8-15(9-11-16)22(25)24-17-12-13-21-19(14-17)18-6-4-5-7-20(18)26-21/h8-14H,4-7H2,1-3H3,(H,24,25). The summed E-state index contributed by atoms with van der Waals surface area (Å²) in [6.45, 7) is 6.51. The van der Waals surface area contributed by atoms with Gasteiger partial charge in [-0.25, -0.2) is 0 Å². The maximum absolute atomic E-state index is 12.6. The van der Waals surface area contributed by atoms with Crippen molar-refractivity contribution in [2.45, 2.75) is 51.9 Å². The largest absolute Gasteiger partial charge is 0.461 e. The molecule has 1 N–H and O–H groups in total. The number of hydrogen-bond acceptors (Lipinski definition) is 2. The van der Waals surface area contributed by atoms with Crippen molar-refractivity contribution < 1.29 is 9.21 Å². The van der Waals surface area contributed by atoms with Crippen molar-refractivity contribution in [1.82, 2.24) is 0 Å². The van der Waals surface area contributed by atoms with E-state index in [0.717, 1.165) is 35.3 Å². The van der Waals surface area contributed by atoms with Crippen molar-refractivity contribution in [3.63, 3.8) is 0 Å². The van der Waals surface area contributed by atoms with E-state index >= 15 is 0 Å². The van der Waals surface area contributed by atoms with E-state index in [4.69, 9.17) is 4.42 Å². The number of fused-ring (bicyclic) bond motifs is 3. The third-order valence-electron chi connectivity index (χ3n) is 5.23. The van der Waals surface area contributed by atoms with Crippen molar-refractivity contribution in [1.29, 1.82) is 0 Å². The highest BCUT2D eigenvalue weighted by Gasteiger charge is 2.18. The maximum Gasteiger partial charge on any atom is 0.255 e. The second kappa shape index (κ2) is 6.31. The molecule has 134 valence electrons. The molecule has 1 aromatic heterocycles. The monoisotopic (exact) mass is 347 g/mol. The predicted octanol–water partition coefficient (Wildman–Crippen LogP) is 5.86. The molecule has 0 unspecified atom stereocenters. The SMILES string of the molecule is CC(C)(C)c1ccc(C(=O)Nc2ccc3oc4c(c3c2)CCCC4)cc1. The maximum atomic E-state index is 12.6. The van der Waals surface area contributed by atoms with Gasteiger partial charge >= 0.3 is 0 Å². The highest BCUT2D eigenvalue weighted by atomic mass is 16.3. The van der Waals surface area contributed by atoms with Gasteiger partial charge in [-0.15, -0.1) is 0 Å². The number of rotatable bonds is 2. The quantitative estimate of drug-likeness (QED) is 0.631. The molecule has 4 rings (SSSR count). The number of nitrogens with one attached hydrogen (secondary N) is 1. The fourth-order valence-electron chi connectivity index (χ4n) is 3.67. The van der Waals surface area contributed by atoms with Crippen LogP contribution in [-0.2, 0) is 18.3 Å². The highest BCUT2D eigenvalue weighted by molar-refractivity contribution is 6.05. The molecule has 0 fully saturated rings. The number of amides is 1. The van der Waals surface area contributed by atoms with Crippen LogP contribution in [0, 0.1) is 0 Å². The van der Waals surface area contributed by atoms with Gasteiger partial charge in [0.2, 0.25) is 0 Å². The molecule has 0 saturated carbocycles. The summed E-state index contributed by atoms with van der Waals surface area (Å²) in [7, 11) is 0. The Bertz CT molecular complexity index is 958. The van der Waals surface area contributed by atoms with Crippen molar-refractivity contribution >= 4 is 22.6 Å². The highest BCUT2D eigenvalue weighted by Crippen LogP contribution is 2.33. The fraction of sp³-hybridized carbons (Fsp3) is 0.348. The first-order chi connectivity index (χ1) is 12.4. The molecule has 1 aliphatic rings. The van der Waals surface area contributed by atoms with Gasteiger partial charge in [-0.2, -0.15) is 0 Å². The summed E-state index contributed by atoms with van der Waals surface area (Å²) in [4.78, 5) is 12.6. The van der Waals surface area contributed by atoms with Gasteiger partial charge in [0.1, 0.15) is 11.3 Å². The molecule has 26 heavy (non-hydrogen) atoms. The Morgan fingerprint density at radius 2 is 1.73 bits per heavy atom. The van der Waals surface area contributed by atoms with Crippen molar-refractivity contribution in [2.24, 2.45) is 0 Å². The van der Waals surface area contributed by atoms with E-state index in [1.807, 2.05) is 42.5 Å². The summed E-state index contributed by atoms with van der Waals surface area (Å²) in [5.74, 6) is 1.04. The van der Waals surface area contributed by atoms with Gasteiger partial charge in [-0.3, -0.25) is 4.79 Å². The molecule has 3 aromatic rings. The van der Waals surface area contributed by atoms with Crippen LogP contribution in [0.5, 0.6) is 0 Å². The zero-order valence-electron chi connectivity index (χ0n) is 15.7. The molecule has 2 aromatic carbocycles. The molecule has 1 heterocycles. The van der Waals surface area contributed by atoms with Crippen molar-refractivity contribution in [3.8, 4) is 0 Å². The molecular formula is C23H25NO2. The van der Waals surface area contributed by atoms with Crippen LogP contribution in [0.25, 0.3) is 11.0 Å². The van der Waals surface area contributed by atoms with Crippen LogP contribution in [-0.4, -0.2) is 5.91 Å². The summed E-state index contributed by atoms with van der Waals surface area (Å²) in [6, 6.07) is 13.8. The molecule has 0 radical (unpaired) electrons. The summed E-state index contributed by atoms with van der Waals surface area (Å²) < 4.78 is 5.97. The number of aryl methyl sites for hydroxylation is 2. The second-order valence-corrected chi connectivity index (χ2v) is 8.20. The molecule has 0 bridgehead atoms. The third-order valence-corrected chi connectivity index (χ3v) is 5.23. The third kappa shape index (κ3) is 3.14. The molecule has 1 amide bonds. The van der Waals surface area contributed by atoms with Crippen LogP contribution in [0.3, 0.4) is 0 Å². The molecule has 0 saturated heterocycles.